The SMILES string of the molecule is CCC1COC(C)(CCC(C)C)N1Cc1cn2c(C)cc(C)nc2n1. The first-order chi connectivity index (χ1) is 11.8. The second-order valence-electron chi connectivity index (χ2n) is 8.05. The molecule has 25 heavy (non-hydrogen) atoms. The van der Waals surface area contributed by atoms with Crippen LogP contribution in [0.1, 0.15) is 64.0 Å². The van der Waals surface area contributed by atoms with Crippen LogP contribution >= 0.6 is 0 Å². The minimum Gasteiger partial charge on any atom is -0.359 e. The highest BCUT2D eigenvalue weighted by Gasteiger charge is 2.43. The van der Waals surface area contributed by atoms with Gasteiger partial charge in [-0.3, -0.25) is 9.30 Å². The molecule has 1 saturated heterocycles. The Morgan fingerprint density at radius 2 is 2.08 bits per heavy atom. The standard InChI is InChI=1S/C20H32N4O/c1-7-18-13-25-20(6,9-8-14(2)3)24(18)12-17-11-23-16(5)10-15(4)21-19(23)22-17/h10-11,14,18H,7-9,12-13H2,1-6H3. The largest absolute Gasteiger partial charge is 0.359 e. The van der Waals surface area contributed by atoms with Crippen molar-refractivity contribution in [3.8, 4) is 0 Å². The predicted molar refractivity (Wildman–Crippen MR) is 101 cm³/mol. The summed E-state index contributed by atoms with van der Waals surface area (Å²) in [4.78, 5) is 11.9. The van der Waals surface area contributed by atoms with Gasteiger partial charge in [-0.05, 0) is 52.0 Å². The Labute approximate surface area is 151 Å². The molecule has 3 heterocycles. The van der Waals surface area contributed by atoms with E-state index < -0.39 is 0 Å². The maximum absolute atomic E-state index is 6.27. The third-order valence-electron chi connectivity index (χ3n) is 5.44. The van der Waals surface area contributed by atoms with Crippen LogP contribution in [-0.2, 0) is 11.3 Å². The van der Waals surface area contributed by atoms with Crippen LogP contribution in [0.3, 0.4) is 0 Å². The number of aromatic nitrogens is 3. The van der Waals surface area contributed by atoms with Crippen LogP contribution in [0.5, 0.6) is 0 Å². The molecule has 1 aliphatic rings. The fourth-order valence-electron chi connectivity index (χ4n) is 3.81. The molecule has 0 aromatic carbocycles. The number of imidazole rings is 1. The molecule has 0 radical (unpaired) electrons. The van der Waals surface area contributed by atoms with Gasteiger partial charge >= 0.3 is 0 Å². The molecule has 3 rings (SSSR count). The molecule has 2 unspecified atom stereocenters. The van der Waals surface area contributed by atoms with Gasteiger partial charge < -0.3 is 4.74 Å². The van der Waals surface area contributed by atoms with Gasteiger partial charge in [-0.25, -0.2) is 9.97 Å². The van der Waals surface area contributed by atoms with E-state index in [1.54, 1.807) is 0 Å². The van der Waals surface area contributed by atoms with Crippen LogP contribution in [0, 0.1) is 19.8 Å². The highest BCUT2D eigenvalue weighted by atomic mass is 16.5. The van der Waals surface area contributed by atoms with Crippen molar-refractivity contribution in [3.05, 3.63) is 29.3 Å². The zero-order valence-electron chi connectivity index (χ0n) is 16.5. The molecule has 2 atom stereocenters. The van der Waals surface area contributed by atoms with Crippen LogP contribution in [0.15, 0.2) is 12.3 Å². The van der Waals surface area contributed by atoms with Crippen LogP contribution in [0.4, 0.5) is 0 Å². The van der Waals surface area contributed by atoms with Crippen molar-refractivity contribution in [2.24, 2.45) is 5.92 Å². The van der Waals surface area contributed by atoms with E-state index in [0.717, 1.165) is 43.2 Å². The summed E-state index contributed by atoms with van der Waals surface area (Å²) in [5.74, 6) is 1.48. The molecular formula is C20H32N4O. The lowest BCUT2D eigenvalue weighted by Crippen LogP contribution is -2.45. The van der Waals surface area contributed by atoms with E-state index in [-0.39, 0.29) is 5.72 Å². The number of hydrogen-bond donors (Lipinski definition) is 0. The first-order valence-electron chi connectivity index (χ1n) is 9.55. The first-order valence-corrected chi connectivity index (χ1v) is 9.55. The Morgan fingerprint density at radius 1 is 1.32 bits per heavy atom. The monoisotopic (exact) mass is 344 g/mol. The fourth-order valence-corrected chi connectivity index (χ4v) is 3.81. The van der Waals surface area contributed by atoms with Gasteiger partial charge in [0.25, 0.3) is 0 Å². The van der Waals surface area contributed by atoms with Crippen molar-refractivity contribution < 1.29 is 4.74 Å². The molecule has 0 aliphatic carbocycles. The number of hydrogen-bond acceptors (Lipinski definition) is 4. The zero-order chi connectivity index (χ0) is 18.2. The molecule has 138 valence electrons. The first kappa shape index (κ1) is 18.3. The number of fused-ring (bicyclic) bond motifs is 1. The molecule has 0 amide bonds. The summed E-state index contributed by atoms with van der Waals surface area (Å²) >= 11 is 0. The zero-order valence-corrected chi connectivity index (χ0v) is 16.5. The average molecular weight is 345 g/mol. The van der Waals surface area contributed by atoms with Crippen molar-refractivity contribution in [2.75, 3.05) is 6.61 Å². The normalized spacial score (nSPS) is 24.7. The van der Waals surface area contributed by atoms with Gasteiger partial charge in [0, 0.05) is 30.2 Å². The highest BCUT2D eigenvalue weighted by Crippen LogP contribution is 2.35. The van der Waals surface area contributed by atoms with Gasteiger partial charge in [-0.1, -0.05) is 20.8 Å². The van der Waals surface area contributed by atoms with Crippen LogP contribution in [0.2, 0.25) is 0 Å². The van der Waals surface area contributed by atoms with Gasteiger partial charge in [-0.2, -0.15) is 0 Å². The third-order valence-corrected chi connectivity index (χ3v) is 5.44. The van der Waals surface area contributed by atoms with E-state index in [1.165, 1.54) is 12.1 Å². The molecular weight excluding hydrogens is 312 g/mol. The number of nitrogens with zero attached hydrogens (tertiary/aromatic N) is 4. The van der Waals surface area contributed by atoms with E-state index in [4.69, 9.17) is 9.72 Å². The highest BCUT2D eigenvalue weighted by molar-refractivity contribution is 5.34. The molecule has 2 aromatic rings. The number of ether oxygens (including phenoxy) is 1. The van der Waals surface area contributed by atoms with Crippen LogP contribution in [0.25, 0.3) is 5.78 Å². The molecule has 1 aliphatic heterocycles. The summed E-state index contributed by atoms with van der Waals surface area (Å²) in [5.41, 5.74) is 3.06. The second kappa shape index (κ2) is 7.04. The third kappa shape index (κ3) is 3.72. The molecule has 5 heteroatoms. The lowest BCUT2D eigenvalue weighted by Gasteiger charge is -2.36. The lowest BCUT2D eigenvalue weighted by atomic mass is 9.99. The van der Waals surface area contributed by atoms with E-state index >= 15 is 0 Å². The molecule has 2 aromatic heterocycles. The molecule has 0 N–H and O–H groups in total. The summed E-state index contributed by atoms with van der Waals surface area (Å²) in [6.45, 7) is 14.8. The van der Waals surface area contributed by atoms with Gasteiger partial charge in [0.15, 0.2) is 0 Å². The number of aryl methyl sites for hydroxylation is 2. The molecule has 0 saturated carbocycles. The van der Waals surface area contributed by atoms with Gasteiger partial charge in [0.2, 0.25) is 5.78 Å². The van der Waals surface area contributed by atoms with Crippen molar-refractivity contribution in [1.82, 2.24) is 19.3 Å². The van der Waals surface area contributed by atoms with Gasteiger partial charge in [-0.15, -0.1) is 0 Å². The maximum atomic E-state index is 6.27. The van der Waals surface area contributed by atoms with Gasteiger partial charge in [0.1, 0.15) is 5.72 Å². The topological polar surface area (TPSA) is 42.7 Å². The minimum absolute atomic E-state index is 0.195. The Morgan fingerprint density at radius 3 is 2.76 bits per heavy atom. The van der Waals surface area contributed by atoms with E-state index in [0.29, 0.717) is 12.0 Å². The molecule has 5 nitrogen and oxygen atoms in total. The van der Waals surface area contributed by atoms with Crippen LogP contribution in [-0.4, -0.2) is 37.6 Å². The van der Waals surface area contributed by atoms with Crippen molar-refractivity contribution in [3.63, 3.8) is 0 Å². The summed E-state index contributed by atoms with van der Waals surface area (Å²) < 4.78 is 8.36. The lowest BCUT2D eigenvalue weighted by molar-refractivity contribution is -0.0833. The Balaban J connectivity index is 1.86. The van der Waals surface area contributed by atoms with E-state index in [2.05, 4.69) is 61.2 Å². The van der Waals surface area contributed by atoms with Gasteiger partial charge in [0.05, 0.1) is 12.3 Å². The molecule has 1 fully saturated rings. The number of rotatable bonds is 6. The van der Waals surface area contributed by atoms with Crippen LogP contribution < -0.4 is 0 Å². The van der Waals surface area contributed by atoms with Crippen molar-refractivity contribution >= 4 is 5.78 Å². The Hall–Kier alpha value is -1.46. The smallest absolute Gasteiger partial charge is 0.234 e. The van der Waals surface area contributed by atoms with Crippen molar-refractivity contribution in [1.29, 1.82) is 0 Å². The Kier molecular flexibility index (Phi) is 5.16. The van der Waals surface area contributed by atoms with E-state index in [9.17, 15) is 0 Å². The van der Waals surface area contributed by atoms with Crippen molar-refractivity contribution in [2.45, 2.75) is 79.1 Å². The summed E-state index contributed by atoms with van der Waals surface area (Å²) in [6, 6.07) is 2.55. The molecule has 0 spiro atoms. The fraction of sp³-hybridized carbons (Fsp3) is 0.700. The summed E-state index contributed by atoms with van der Waals surface area (Å²) in [6.07, 6.45) is 5.46. The Bertz CT molecular complexity index is 739. The summed E-state index contributed by atoms with van der Waals surface area (Å²) in [5, 5.41) is 0. The average Bonchev–Trinajstić information content (AvgIpc) is 3.08. The predicted octanol–water partition coefficient (Wildman–Crippen LogP) is 4.11. The second-order valence-corrected chi connectivity index (χ2v) is 8.05. The quantitative estimate of drug-likeness (QED) is 0.791. The molecule has 0 bridgehead atoms. The summed E-state index contributed by atoms with van der Waals surface area (Å²) in [7, 11) is 0. The maximum Gasteiger partial charge on any atom is 0.234 e. The van der Waals surface area contributed by atoms with E-state index in [1.807, 2.05) is 6.92 Å². The minimum atomic E-state index is -0.195.